The first-order valence-electron chi connectivity index (χ1n) is 18.8. The van der Waals surface area contributed by atoms with Crippen LogP contribution in [0.1, 0.15) is 36.0 Å². The fourth-order valence-electron chi connectivity index (χ4n) is 6.45. The zero-order valence-corrected chi connectivity index (χ0v) is 35.2. The number of fused-ring (bicyclic) bond motifs is 1. The lowest BCUT2D eigenvalue weighted by molar-refractivity contribution is -0.137. The van der Waals surface area contributed by atoms with Crippen molar-refractivity contribution in [1.82, 2.24) is 10.0 Å². The Bertz CT molecular complexity index is 2180. The molecule has 4 N–H and O–H groups in total. The Labute approximate surface area is 354 Å². The van der Waals surface area contributed by atoms with Gasteiger partial charge in [0.2, 0.25) is 33.7 Å². The highest BCUT2D eigenvalue weighted by atomic mass is 32.2. The molecule has 2 aliphatic heterocycles. The van der Waals surface area contributed by atoms with Crippen LogP contribution in [0.5, 0.6) is 0 Å². The maximum Gasteiger partial charge on any atom is 0.304 e. The van der Waals surface area contributed by atoms with E-state index >= 15 is 0 Å². The minimum Gasteiger partial charge on any atom is -0.481 e. The highest BCUT2D eigenvalue weighted by Crippen LogP contribution is 2.36. The van der Waals surface area contributed by atoms with Crippen LogP contribution in [0.15, 0.2) is 59.5 Å². The summed E-state index contributed by atoms with van der Waals surface area (Å²) in [6.07, 6.45) is -0.893. The van der Waals surface area contributed by atoms with E-state index < -0.39 is 62.0 Å². The van der Waals surface area contributed by atoms with Crippen LogP contribution < -0.4 is 24.7 Å². The lowest BCUT2D eigenvalue weighted by Crippen LogP contribution is -2.34. The highest BCUT2D eigenvalue weighted by molar-refractivity contribution is 8.01. The van der Waals surface area contributed by atoms with E-state index in [4.69, 9.17) is 19.7 Å². The molecule has 2 saturated heterocycles. The first-order chi connectivity index (χ1) is 28.6. The van der Waals surface area contributed by atoms with E-state index in [1.807, 2.05) is 31.1 Å². The molecule has 0 aromatic heterocycles. The van der Waals surface area contributed by atoms with Crippen molar-refractivity contribution in [3.05, 3.63) is 60.2 Å². The molecule has 322 valence electrons. The minimum atomic E-state index is -3.84. The molecule has 2 heterocycles. The number of thioether (sulfide) groups is 2. The lowest BCUT2D eigenvalue weighted by Gasteiger charge is -2.21. The fraction of sp³-hybridized carbons (Fsp3) is 0.410. The van der Waals surface area contributed by atoms with Crippen molar-refractivity contribution in [3.63, 3.8) is 0 Å². The summed E-state index contributed by atoms with van der Waals surface area (Å²) >= 11 is 2.02. The molecule has 2 fully saturated rings. The van der Waals surface area contributed by atoms with E-state index in [1.54, 1.807) is 24.3 Å². The number of hydrogen-bond acceptors (Lipinski definition) is 14. The molecule has 2 unspecified atom stereocenters. The molecular weight excluding hydrogens is 843 g/mol. The fourth-order valence-corrected chi connectivity index (χ4v) is 9.85. The number of benzene rings is 3. The van der Waals surface area contributed by atoms with Crippen molar-refractivity contribution in [2.75, 3.05) is 79.8 Å². The van der Waals surface area contributed by atoms with Crippen LogP contribution >= 0.6 is 23.5 Å². The Hall–Kier alpha value is -5.06. The summed E-state index contributed by atoms with van der Waals surface area (Å²) in [6, 6.07) is 14.4. The van der Waals surface area contributed by atoms with Crippen molar-refractivity contribution in [2.45, 2.75) is 41.1 Å². The number of ether oxygens (including phenoxy) is 2. The topological polar surface area (TPSA) is 246 Å². The van der Waals surface area contributed by atoms with Crippen LogP contribution in [0.25, 0.3) is 10.8 Å². The molecule has 21 heteroatoms. The number of nitrogens with one attached hydrogen (secondary N) is 2. The molecule has 2 aliphatic rings. The number of aliphatic carboxylic acids is 2. The monoisotopic (exact) mass is 887 g/mol. The van der Waals surface area contributed by atoms with Gasteiger partial charge in [-0.1, -0.05) is 24.3 Å². The summed E-state index contributed by atoms with van der Waals surface area (Å²) in [6.45, 7) is 0.380. The smallest absolute Gasteiger partial charge is 0.304 e. The van der Waals surface area contributed by atoms with Crippen LogP contribution in [0.2, 0.25) is 0 Å². The summed E-state index contributed by atoms with van der Waals surface area (Å²) in [5.74, 6) is -5.15. The van der Waals surface area contributed by atoms with Gasteiger partial charge >= 0.3 is 11.9 Å². The van der Waals surface area contributed by atoms with Crippen molar-refractivity contribution in [3.8, 4) is 0 Å². The molecule has 3 aromatic rings. The first-order valence-corrected chi connectivity index (χ1v) is 22.3. The summed E-state index contributed by atoms with van der Waals surface area (Å²) in [4.78, 5) is 92.1. The predicted octanol–water partition coefficient (Wildman–Crippen LogP) is 2.33. The van der Waals surface area contributed by atoms with Crippen LogP contribution in [0, 0.1) is 0 Å². The molecule has 0 aliphatic carbocycles. The van der Waals surface area contributed by atoms with Gasteiger partial charge in [0.1, 0.15) is 0 Å². The van der Waals surface area contributed by atoms with Crippen molar-refractivity contribution >= 4 is 103 Å². The van der Waals surface area contributed by atoms with Gasteiger partial charge in [-0.15, -0.1) is 23.5 Å². The van der Waals surface area contributed by atoms with Gasteiger partial charge < -0.3 is 29.9 Å². The van der Waals surface area contributed by atoms with Crippen LogP contribution in [0.4, 0.5) is 17.1 Å². The SMILES string of the molecule is CN(C)c1cccc2c(S(=O)(=O)NCCOCCOCCNC(=O)c3cc(N4C(=O)CC(SCCC(=O)O)C4=O)cc(N4C(=O)CC(SCCC(=O)O)C4=O)c3)cccc12. The summed E-state index contributed by atoms with van der Waals surface area (Å²) in [7, 11) is -0.0727. The zero-order valence-electron chi connectivity index (χ0n) is 32.8. The molecule has 18 nitrogen and oxygen atoms in total. The molecule has 5 rings (SSSR count). The molecule has 0 saturated carbocycles. The number of nitrogens with zero attached hydrogens (tertiary/aromatic N) is 3. The minimum absolute atomic E-state index is 0.00644. The van der Waals surface area contributed by atoms with Crippen LogP contribution in [-0.2, 0) is 48.3 Å². The average molecular weight is 888 g/mol. The Morgan fingerprint density at radius 2 is 1.27 bits per heavy atom. The first kappa shape index (κ1) is 46.0. The average Bonchev–Trinajstić information content (AvgIpc) is 3.64. The second kappa shape index (κ2) is 21.0. The van der Waals surface area contributed by atoms with E-state index in [-0.39, 0.29) is 98.5 Å². The molecule has 3 aromatic carbocycles. The standard InChI is InChI=1S/C39H45N5O13S3/c1-42(2)29-7-3-6-28-27(29)5-4-8-32(28)60(54,55)41-12-14-57-16-15-56-13-11-40-37(51)24-19-25(43-33(45)22-30(38(43)52)58-17-9-35(47)48)21-26(20-24)44-34(46)23-31(39(44)53)59-18-10-36(49)50/h3-8,19-21,30-31,41H,9-18,22-23H2,1-2H3,(H,40,51)(H,47,48)(H,49,50). The number of carbonyl (C=O) groups is 7. The highest BCUT2D eigenvalue weighted by Gasteiger charge is 2.43. The Morgan fingerprint density at radius 3 is 1.80 bits per heavy atom. The van der Waals surface area contributed by atoms with Crippen LogP contribution in [0.3, 0.4) is 0 Å². The van der Waals surface area contributed by atoms with Crippen LogP contribution in [-0.4, -0.2) is 136 Å². The van der Waals surface area contributed by atoms with Gasteiger partial charge in [-0.3, -0.25) is 33.6 Å². The number of hydrogen-bond donors (Lipinski definition) is 4. The van der Waals surface area contributed by atoms with E-state index in [0.29, 0.717) is 5.39 Å². The Morgan fingerprint density at radius 1 is 0.750 bits per heavy atom. The van der Waals surface area contributed by atoms with Crippen molar-refractivity contribution < 1.29 is 61.7 Å². The third-order valence-corrected chi connectivity index (χ3v) is 13.2. The van der Waals surface area contributed by atoms with Gasteiger partial charge in [-0.2, -0.15) is 0 Å². The molecule has 0 radical (unpaired) electrons. The largest absolute Gasteiger partial charge is 0.481 e. The molecule has 2 atom stereocenters. The van der Waals surface area contributed by atoms with E-state index in [0.717, 1.165) is 44.4 Å². The van der Waals surface area contributed by atoms with Gasteiger partial charge in [0.05, 0.1) is 66.0 Å². The number of anilines is 3. The van der Waals surface area contributed by atoms with Crippen molar-refractivity contribution in [1.29, 1.82) is 0 Å². The Balaban J connectivity index is 1.15. The number of rotatable bonds is 23. The number of imide groups is 2. The summed E-state index contributed by atoms with van der Waals surface area (Å²) in [5.41, 5.74) is 0.671. The van der Waals surface area contributed by atoms with Crippen molar-refractivity contribution in [2.24, 2.45) is 0 Å². The van der Waals surface area contributed by atoms with Gasteiger partial charge in [-0.25, -0.2) is 22.9 Å². The number of amides is 5. The van der Waals surface area contributed by atoms with Gasteiger partial charge in [0, 0.05) is 73.6 Å². The Kier molecular flexibility index (Phi) is 16.1. The number of carboxylic acid groups (broad SMARTS) is 2. The van der Waals surface area contributed by atoms with Gasteiger partial charge in [-0.05, 0) is 30.3 Å². The molecule has 0 spiro atoms. The molecular formula is C39H45N5O13S3. The number of carboxylic acids is 2. The molecule has 60 heavy (non-hydrogen) atoms. The predicted molar refractivity (Wildman–Crippen MR) is 225 cm³/mol. The lowest BCUT2D eigenvalue weighted by atomic mass is 10.1. The van der Waals surface area contributed by atoms with Gasteiger partial charge in [0.25, 0.3) is 5.91 Å². The van der Waals surface area contributed by atoms with E-state index in [2.05, 4.69) is 10.0 Å². The molecule has 0 bridgehead atoms. The summed E-state index contributed by atoms with van der Waals surface area (Å²) in [5, 5.41) is 20.3. The number of carbonyl (C=O) groups excluding carboxylic acids is 5. The number of sulfonamides is 1. The second-order valence-electron chi connectivity index (χ2n) is 13.7. The quantitative estimate of drug-likeness (QED) is 0.0789. The normalized spacial score (nSPS) is 16.9. The summed E-state index contributed by atoms with van der Waals surface area (Å²) < 4.78 is 39.8. The maximum absolute atomic E-state index is 13.4. The molecule has 5 amide bonds. The maximum atomic E-state index is 13.4. The van der Waals surface area contributed by atoms with E-state index in [1.165, 1.54) is 18.2 Å². The zero-order chi connectivity index (χ0) is 43.6. The van der Waals surface area contributed by atoms with Gasteiger partial charge in [0.15, 0.2) is 0 Å². The third-order valence-electron chi connectivity index (χ3n) is 9.23. The second-order valence-corrected chi connectivity index (χ2v) is 18.0. The van der Waals surface area contributed by atoms with E-state index in [9.17, 15) is 42.0 Å². The third kappa shape index (κ3) is 11.6.